The molecule has 8 nitrogen and oxygen atoms in total. The lowest BCUT2D eigenvalue weighted by atomic mass is 9.93. The van der Waals surface area contributed by atoms with Crippen LogP contribution in [0.4, 0.5) is 17.1 Å². The summed E-state index contributed by atoms with van der Waals surface area (Å²) in [5.74, 6) is 2.64. The first kappa shape index (κ1) is 65.5. The highest BCUT2D eigenvalue weighted by molar-refractivity contribution is 6.26. The van der Waals surface area contributed by atoms with Crippen LogP contribution in [0.15, 0.2) is 413 Å². The fourth-order valence-corrected chi connectivity index (χ4v) is 16.1. The molecule has 0 fully saturated rings. The largest absolute Gasteiger partial charge is 0.311 e. The Hall–Kier alpha value is -15.0. The van der Waals surface area contributed by atoms with Crippen LogP contribution in [-0.4, -0.2) is 34.1 Å². The summed E-state index contributed by atoms with van der Waals surface area (Å²) in [4.78, 5) is 27.8. The minimum Gasteiger partial charge on any atom is -0.311 e. The monoisotopic (exact) mass is 1420 g/mol. The molecule has 21 aromatic rings. The second kappa shape index (κ2) is 28.4. The molecule has 8 heteroatoms. The third kappa shape index (κ3) is 12.2. The normalized spacial score (nSPS) is 11.4. The van der Waals surface area contributed by atoms with Crippen LogP contribution in [0.5, 0.6) is 0 Å². The van der Waals surface area contributed by atoms with Gasteiger partial charge < -0.3 is 14.0 Å². The van der Waals surface area contributed by atoms with Gasteiger partial charge in [0.1, 0.15) is 0 Å². The molecule has 0 N–H and O–H groups in total. The van der Waals surface area contributed by atoms with Crippen molar-refractivity contribution in [1.29, 1.82) is 0 Å². The zero-order valence-corrected chi connectivity index (χ0v) is 60.3. The number of nitrogens with zero attached hydrogens (tertiary/aromatic N) is 8. The van der Waals surface area contributed by atoms with E-state index in [-0.39, 0.29) is 0 Å². The number of anilines is 3. The van der Waals surface area contributed by atoms with Crippen LogP contribution in [0.25, 0.3) is 178 Å². The highest BCUT2D eigenvalue weighted by atomic mass is 15.1. The van der Waals surface area contributed by atoms with Crippen molar-refractivity contribution in [3.8, 4) is 102 Å². The standard InChI is InChI=1S/C54H36N4.C49H32N4/c1-5-17-38(18-6-1)53-46-27-15-16-28-49(46)55-54(56-53)39-31-34-50-48(35-39)52-45-26-14-13-25-44(45)47(36-51(52)58(50)42-23-11-4-12-24-42)37-29-32-43(33-30-37)57(40-19-7-2-8-20-40)41-21-9-3-10-22-41;1-5-15-33(16-6-1)34-25-27-35(28-26-34)42-32-45-46(41-24-14-13-23-40(41)42)43-31-38(29-30-44(43)53(45)39-21-11-4-12-22-39)49-51-47(36-17-7-2-8-18-36)50-48(52-49)37-19-9-3-10-20-37/h1-36H;1-32H. The molecule has 4 aromatic heterocycles. The fourth-order valence-electron chi connectivity index (χ4n) is 16.1. The maximum Gasteiger partial charge on any atom is 0.164 e. The average molecular weight is 1420 g/mol. The molecule has 0 aliphatic carbocycles. The summed E-state index contributed by atoms with van der Waals surface area (Å²) in [6, 6.07) is 146. The summed E-state index contributed by atoms with van der Waals surface area (Å²) in [5, 5.41) is 10.6. The Morgan fingerprint density at radius 1 is 0.189 bits per heavy atom. The van der Waals surface area contributed by atoms with E-state index in [4.69, 9.17) is 24.9 Å². The molecule has 21 rings (SSSR count). The topological polar surface area (TPSA) is 77.5 Å². The van der Waals surface area contributed by atoms with Crippen LogP contribution in [0.2, 0.25) is 0 Å². The van der Waals surface area contributed by atoms with Crippen molar-refractivity contribution in [2.45, 2.75) is 0 Å². The van der Waals surface area contributed by atoms with Gasteiger partial charge in [-0.3, -0.25) is 0 Å². The van der Waals surface area contributed by atoms with Crippen LogP contribution < -0.4 is 4.90 Å². The predicted octanol–water partition coefficient (Wildman–Crippen LogP) is 26.8. The Kier molecular flexibility index (Phi) is 16.8. The maximum absolute atomic E-state index is 5.25. The second-order valence-electron chi connectivity index (χ2n) is 27.8. The quantitative estimate of drug-likeness (QED) is 0.114. The minimum absolute atomic E-state index is 0.639. The predicted molar refractivity (Wildman–Crippen MR) is 461 cm³/mol. The SMILES string of the molecule is c1ccc(-c2ccc(-c3cc4c(c5ccccc35)c3cc(-c5nc(-c6ccccc6)nc(-c6ccccc6)n5)ccc3n4-c3ccccc3)cc2)cc1.c1ccc(-c2nc(-c3ccc4c(c3)c3c5ccccc5c(-c5ccc(N(c6ccccc6)c6ccccc6)cc5)cc3n4-c3ccccc3)nc3ccccc23)cc1. The molecule has 4 heterocycles. The summed E-state index contributed by atoms with van der Waals surface area (Å²) < 4.78 is 4.79. The van der Waals surface area contributed by atoms with E-state index in [2.05, 4.69) is 354 Å². The van der Waals surface area contributed by atoms with Gasteiger partial charge in [0, 0.05) is 83.2 Å². The number of aromatic nitrogens is 7. The smallest absolute Gasteiger partial charge is 0.164 e. The first-order valence-corrected chi connectivity index (χ1v) is 37.5. The fraction of sp³-hybridized carbons (Fsp3) is 0. The Bertz CT molecular complexity index is 6900. The minimum atomic E-state index is 0.639. The Morgan fingerprint density at radius 2 is 0.505 bits per heavy atom. The van der Waals surface area contributed by atoms with Gasteiger partial charge in [-0.15, -0.1) is 0 Å². The number of rotatable bonds is 13. The lowest BCUT2D eigenvalue weighted by molar-refractivity contribution is 1.07. The Balaban J connectivity index is 0.000000146. The molecular formula is C103H68N8. The number of fused-ring (bicyclic) bond motifs is 11. The summed E-state index contributed by atoms with van der Waals surface area (Å²) in [6.07, 6.45) is 0. The van der Waals surface area contributed by atoms with E-state index < -0.39 is 0 Å². The molecule has 0 bridgehead atoms. The van der Waals surface area contributed by atoms with Crippen molar-refractivity contribution in [3.63, 3.8) is 0 Å². The molecule has 0 amide bonds. The molecule has 520 valence electrons. The van der Waals surface area contributed by atoms with Gasteiger partial charge in [-0.1, -0.05) is 297 Å². The van der Waals surface area contributed by atoms with E-state index in [0.29, 0.717) is 23.3 Å². The Morgan fingerprint density at radius 3 is 0.955 bits per heavy atom. The van der Waals surface area contributed by atoms with Gasteiger partial charge in [-0.2, -0.15) is 0 Å². The van der Waals surface area contributed by atoms with E-state index in [1.807, 2.05) is 72.8 Å². The van der Waals surface area contributed by atoms with Gasteiger partial charge in [-0.05, 0) is 170 Å². The van der Waals surface area contributed by atoms with E-state index in [9.17, 15) is 0 Å². The summed E-state index contributed by atoms with van der Waals surface area (Å²) >= 11 is 0. The number of para-hydroxylation sites is 5. The molecular weight excluding hydrogens is 1350 g/mol. The molecule has 0 radical (unpaired) electrons. The average Bonchev–Trinajstić information content (AvgIpc) is 1.56. The molecule has 17 aromatic carbocycles. The van der Waals surface area contributed by atoms with E-state index >= 15 is 0 Å². The van der Waals surface area contributed by atoms with Gasteiger partial charge in [0.05, 0.1) is 33.3 Å². The number of hydrogen-bond donors (Lipinski definition) is 0. The van der Waals surface area contributed by atoms with Crippen LogP contribution in [0.3, 0.4) is 0 Å². The zero-order valence-electron chi connectivity index (χ0n) is 60.3. The first-order chi connectivity index (χ1) is 55.1. The van der Waals surface area contributed by atoms with Crippen molar-refractivity contribution in [2.75, 3.05) is 4.90 Å². The van der Waals surface area contributed by atoms with Gasteiger partial charge in [0.2, 0.25) is 0 Å². The molecule has 0 spiro atoms. The summed E-state index contributed by atoms with van der Waals surface area (Å²) in [5.41, 5.74) is 24.0. The van der Waals surface area contributed by atoms with Crippen LogP contribution in [0.1, 0.15) is 0 Å². The van der Waals surface area contributed by atoms with Crippen LogP contribution >= 0.6 is 0 Å². The number of benzene rings is 17. The molecule has 0 unspecified atom stereocenters. The molecule has 0 aliphatic heterocycles. The maximum atomic E-state index is 5.25. The summed E-state index contributed by atoms with van der Waals surface area (Å²) in [6.45, 7) is 0. The van der Waals surface area contributed by atoms with Crippen molar-refractivity contribution >= 4 is 93.1 Å². The van der Waals surface area contributed by atoms with Gasteiger partial charge in [0.25, 0.3) is 0 Å². The number of hydrogen-bond acceptors (Lipinski definition) is 6. The Labute approximate surface area is 642 Å². The van der Waals surface area contributed by atoms with E-state index in [0.717, 1.165) is 111 Å². The van der Waals surface area contributed by atoms with E-state index in [1.54, 1.807) is 0 Å². The third-order valence-corrected chi connectivity index (χ3v) is 21.2. The highest BCUT2D eigenvalue weighted by Crippen LogP contribution is 2.47. The van der Waals surface area contributed by atoms with E-state index in [1.165, 1.54) is 60.1 Å². The van der Waals surface area contributed by atoms with Gasteiger partial charge in [0.15, 0.2) is 23.3 Å². The van der Waals surface area contributed by atoms with Crippen molar-refractivity contribution in [1.82, 2.24) is 34.1 Å². The van der Waals surface area contributed by atoms with Crippen molar-refractivity contribution < 1.29 is 0 Å². The third-order valence-electron chi connectivity index (χ3n) is 21.2. The lowest BCUT2D eigenvalue weighted by Gasteiger charge is -2.25. The molecule has 0 saturated heterocycles. The van der Waals surface area contributed by atoms with Crippen LogP contribution in [0, 0.1) is 0 Å². The zero-order chi connectivity index (χ0) is 73.6. The first-order valence-electron chi connectivity index (χ1n) is 37.5. The van der Waals surface area contributed by atoms with Crippen molar-refractivity contribution in [3.05, 3.63) is 413 Å². The summed E-state index contributed by atoms with van der Waals surface area (Å²) in [7, 11) is 0. The molecule has 0 saturated carbocycles. The molecule has 0 aliphatic rings. The second-order valence-corrected chi connectivity index (χ2v) is 27.8. The van der Waals surface area contributed by atoms with Gasteiger partial charge in [-0.25, -0.2) is 24.9 Å². The lowest BCUT2D eigenvalue weighted by Crippen LogP contribution is -2.09. The van der Waals surface area contributed by atoms with Crippen molar-refractivity contribution in [2.24, 2.45) is 0 Å². The molecule has 111 heavy (non-hydrogen) atoms. The molecule has 0 atom stereocenters. The highest BCUT2D eigenvalue weighted by Gasteiger charge is 2.24. The van der Waals surface area contributed by atoms with Crippen LogP contribution in [-0.2, 0) is 0 Å². The van der Waals surface area contributed by atoms with Gasteiger partial charge >= 0.3 is 0 Å².